The first-order valence-electron chi connectivity index (χ1n) is 8.22. The molecule has 2 N–H and O–H groups in total. The third-order valence-corrected chi connectivity index (χ3v) is 4.00. The number of H-pyrrole nitrogens is 1. The zero-order valence-corrected chi connectivity index (χ0v) is 14.3. The summed E-state index contributed by atoms with van der Waals surface area (Å²) in [6, 6.07) is 9.10. The Morgan fingerprint density at radius 3 is 2.70 bits per heavy atom. The van der Waals surface area contributed by atoms with Crippen LogP contribution in [-0.2, 0) is 6.54 Å². The van der Waals surface area contributed by atoms with Gasteiger partial charge in [-0.2, -0.15) is 5.10 Å². The van der Waals surface area contributed by atoms with Crippen molar-refractivity contribution in [2.75, 3.05) is 7.05 Å². The molecule has 6 nitrogen and oxygen atoms in total. The molecule has 0 spiro atoms. The van der Waals surface area contributed by atoms with Gasteiger partial charge in [0.2, 0.25) is 11.8 Å². The van der Waals surface area contributed by atoms with Gasteiger partial charge in [-0.05, 0) is 43.0 Å². The standard InChI is InChI=1S/C19H15F2N5O/c1-22-10-17-24-26-19(27-17)12-8-14-16(23-25-18(14)15(21)9-12)7-4-11-2-5-13(20)6-3-11/h2-9,22H,10H2,1H3,(H,23,25). The lowest BCUT2D eigenvalue weighted by atomic mass is 10.1. The van der Waals surface area contributed by atoms with Gasteiger partial charge in [0.25, 0.3) is 0 Å². The minimum atomic E-state index is -0.468. The van der Waals surface area contributed by atoms with Crippen molar-refractivity contribution in [3.63, 3.8) is 0 Å². The highest BCUT2D eigenvalue weighted by atomic mass is 19.1. The van der Waals surface area contributed by atoms with Gasteiger partial charge in [0, 0.05) is 10.9 Å². The van der Waals surface area contributed by atoms with E-state index in [2.05, 4.69) is 25.7 Å². The predicted molar refractivity (Wildman–Crippen MR) is 97.4 cm³/mol. The highest BCUT2D eigenvalue weighted by molar-refractivity contribution is 5.92. The average molecular weight is 367 g/mol. The van der Waals surface area contributed by atoms with E-state index in [0.717, 1.165) is 5.56 Å². The molecule has 2 aromatic carbocycles. The summed E-state index contributed by atoms with van der Waals surface area (Å²) in [5.74, 6) is -0.126. The van der Waals surface area contributed by atoms with Crippen molar-refractivity contribution in [3.8, 4) is 11.5 Å². The van der Waals surface area contributed by atoms with Gasteiger partial charge in [-0.3, -0.25) is 5.10 Å². The first-order chi connectivity index (χ1) is 13.1. The van der Waals surface area contributed by atoms with Crippen LogP contribution in [0.2, 0.25) is 0 Å². The van der Waals surface area contributed by atoms with Gasteiger partial charge in [0.1, 0.15) is 17.2 Å². The van der Waals surface area contributed by atoms with Crippen LogP contribution in [0.4, 0.5) is 8.78 Å². The number of benzene rings is 2. The molecule has 0 aliphatic carbocycles. The average Bonchev–Trinajstić information content (AvgIpc) is 3.29. The van der Waals surface area contributed by atoms with Crippen molar-refractivity contribution < 1.29 is 13.2 Å². The van der Waals surface area contributed by atoms with Crippen molar-refractivity contribution in [2.24, 2.45) is 0 Å². The summed E-state index contributed by atoms with van der Waals surface area (Å²) < 4.78 is 33.0. The third kappa shape index (κ3) is 3.47. The Balaban J connectivity index is 1.72. The Morgan fingerprint density at radius 2 is 1.93 bits per heavy atom. The van der Waals surface area contributed by atoms with E-state index in [0.29, 0.717) is 29.1 Å². The fourth-order valence-corrected chi connectivity index (χ4v) is 2.69. The van der Waals surface area contributed by atoms with E-state index in [9.17, 15) is 8.78 Å². The van der Waals surface area contributed by atoms with Crippen molar-refractivity contribution >= 4 is 23.1 Å². The van der Waals surface area contributed by atoms with E-state index >= 15 is 0 Å². The molecule has 0 saturated carbocycles. The molecular weight excluding hydrogens is 352 g/mol. The van der Waals surface area contributed by atoms with Crippen LogP contribution in [0.25, 0.3) is 34.5 Å². The largest absolute Gasteiger partial charge is 0.419 e. The fourth-order valence-electron chi connectivity index (χ4n) is 2.69. The first-order valence-corrected chi connectivity index (χ1v) is 8.22. The van der Waals surface area contributed by atoms with Crippen LogP contribution in [-0.4, -0.2) is 27.4 Å². The lowest BCUT2D eigenvalue weighted by Gasteiger charge is -1.98. The van der Waals surface area contributed by atoms with Crippen molar-refractivity contribution in [1.82, 2.24) is 25.7 Å². The summed E-state index contributed by atoms with van der Waals surface area (Å²) in [4.78, 5) is 0. The lowest BCUT2D eigenvalue weighted by molar-refractivity contribution is 0.490. The molecule has 4 rings (SSSR count). The van der Waals surface area contributed by atoms with Crippen LogP contribution in [0.15, 0.2) is 40.8 Å². The Bertz CT molecular complexity index is 1120. The van der Waals surface area contributed by atoms with E-state index in [1.165, 1.54) is 18.2 Å². The number of aromatic amines is 1. The summed E-state index contributed by atoms with van der Waals surface area (Å²) in [5.41, 5.74) is 2.10. The molecule has 27 heavy (non-hydrogen) atoms. The second-order valence-electron chi connectivity index (χ2n) is 5.91. The van der Waals surface area contributed by atoms with Gasteiger partial charge < -0.3 is 9.73 Å². The van der Waals surface area contributed by atoms with Crippen molar-refractivity contribution in [2.45, 2.75) is 6.54 Å². The van der Waals surface area contributed by atoms with Gasteiger partial charge in [-0.15, -0.1) is 10.2 Å². The molecule has 4 aromatic rings. The molecule has 0 aliphatic rings. The molecule has 0 amide bonds. The van der Waals surface area contributed by atoms with Gasteiger partial charge >= 0.3 is 0 Å². The van der Waals surface area contributed by atoms with E-state index in [1.807, 2.05) is 0 Å². The first kappa shape index (κ1) is 17.0. The maximum Gasteiger partial charge on any atom is 0.247 e. The Labute approximate surface area is 152 Å². The Morgan fingerprint density at radius 1 is 1.11 bits per heavy atom. The predicted octanol–water partition coefficient (Wildman–Crippen LogP) is 3.78. The number of rotatable bonds is 5. The quantitative estimate of drug-likeness (QED) is 0.561. The number of nitrogens with zero attached hydrogens (tertiary/aromatic N) is 3. The monoisotopic (exact) mass is 367 g/mol. The molecule has 0 atom stereocenters. The van der Waals surface area contributed by atoms with E-state index in [-0.39, 0.29) is 17.2 Å². The van der Waals surface area contributed by atoms with Crippen LogP contribution in [0.3, 0.4) is 0 Å². The lowest BCUT2D eigenvalue weighted by Crippen LogP contribution is -2.04. The number of halogens is 2. The van der Waals surface area contributed by atoms with Gasteiger partial charge in [0.15, 0.2) is 0 Å². The number of hydrogen-bond donors (Lipinski definition) is 2. The highest BCUT2D eigenvalue weighted by Gasteiger charge is 2.15. The van der Waals surface area contributed by atoms with E-state index in [4.69, 9.17) is 4.42 Å². The molecule has 0 unspecified atom stereocenters. The topological polar surface area (TPSA) is 79.6 Å². The highest BCUT2D eigenvalue weighted by Crippen LogP contribution is 2.28. The molecule has 0 aliphatic heterocycles. The number of fused-ring (bicyclic) bond motifs is 1. The zero-order chi connectivity index (χ0) is 18.8. The van der Waals surface area contributed by atoms with Crippen LogP contribution in [0, 0.1) is 11.6 Å². The minimum absolute atomic E-state index is 0.232. The SMILES string of the molecule is CNCc1nnc(-c2cc(F)c3[nH]nc(C=Cc4ccc(F)cc4)c3c2)o1. The van der Waals surface area contributed by atoms with Crippen LogP contribution in [0.1, 0.15) is 17.1 Å². The molecule has 2 aromatic heterocycles. The van der Waals surface area contributed by atoms with Gasteiger partial charge in [-0.25, -0.2) is 8.78 Å². The van der Waals surface area contributed by atoms with Gasteiger partial charge in [0.05, 0.1) is 12.2 Å². The zero-order valence-electron chi connectivity index (χ0n) is 14.3. The molecule has 0 saturated heterocycles. The number of aromatic nitrogens is 4. The summed E-state index contributed by atoms with van der Waals surface area (Å²) in [6.07, 6.45) is 3.51. The minimum Gasteiger partial charge on any atom is -0.419 e. The second kappa shape index (κ2) is 7.08. The number of hydrogen-bond acceptors (Lipinski definition) is 5. The fraction of sp³-hybridized carbons (Fsp3) is 0.105. The molecule has 8 heteroatoms. The maximum atomic E-state index is 14.5. The number of nitrogens with one attached hydrogen (secondary N) is 2. The molecule has 0 fully saturated rings. The van der Waals surface area contributed by atoms with Crippen LogP contribution < -0.4 is 5.32 Å². The molecule has 0 bridgehead atoms. The summed E-state index contributed by atoms with van der Waals surface area (Å²) in [5, 5.41) is 18.2. The summed E-state index contributed by atoms with van der Waals surface area (Å²) >= 11 is 0. The third-order valence-electron chi connectivity index (χ3n) is 4.00. The van der Waals surface area contributed by atoms with Crippen molar-refractivity contribution in [3.05, 3.63) is 65.2 Å². The second-order valence-corrected chi connectivity index (χ2v) is 5.91. The Kier molecular flexibility index (Phi) is 4.47. The van der Waals surface area contributed by atoms with Crippen LogP contribution in [0.5, 0.6) is 0 Å². The molecule has 0 radical (unpaired) electrons. The normalized spacial score (nSPS) is 11.7. The van der Waals surface area contributed by atoms with E-state index in [1.54, 1.807) is 37.4 Å². The molecule has 2 heterocycles. The smallest absolute Gasteiger partial charge is 0.247 e. The summed E-state index contributed by atoms with van der Waals surface area (Å²) in [7, 11) is 1.76. The van der Waals surface area contributed by atoms with Gasteiger partial charge in [-0.1, -0.05) is 18.2 Å². The van der Waals surface area contributed by atoms with E-state index < -0.39 is 5.82 Å². The molecule has 136 valence electrons. The Hall–Kier alpha value is -3.39. The van der Waals surface area contributed by atoms with Crippen LogP contribution >= 0.6 is 0 Å². The molecular formula is C19H15F2N5O. The van der Waals surface area contributed by atoms with Crippen molar-refractivity contribution in [1.29, 1.82) is 0 Å². The summed E-state index contributed by atoms with van der Waals surface area (Å²) in [6.45, 7) is 0.426. The maximum absolute atomic E-state index is 14.5.